The molecule has 0 atom stereocenters. The Labute approximate surface area is 127 Å². The number of halogens is 1. The molecule has 0 aliphatic rings. The summed E-state index contributed by atoms with van der Waals surface area (Å²) >= 11 is 5.89. The van der Waals surface area contributed by atoms with Crippen molar-refractivity contribution in [1.82, 2.24) is 0 Å². The number of nitro benzene ring substituents is 1. The molecule has 6 heteroatoms. The predicted molar refractivity (Wildman–Crippen MR) is 83.0 cm³/mol. The average Bonchev–Trinajstić information content (AvgIpc) is 2.46. The third kappa shape index (κ3) is 3.86. The van der Waals surface area contributed by atoms with Crippen LogP contribution in [-0.2, 0) is 6.61 Å². The van der Waals surface area contributed by atoms with E-state index in [2.05, 4.69) is 5.32 Å². The van der Waals surface area contributed by atoms with Gasteiger partial charge in [0.25, 0.3) is 5.69 Å². The van der Waals surface area contributed by atoms with Gasteiger partial charge in [0.15, 0.2) is 0 Å². The van der Waals surface area contributed by atoms with Gasteiger partial charge in [-0.2, -0.15) is 0 Å². The summed E-state index contributed by atoms with van der Waals surface area (Å²) in [7, 11) is 0. The lowest BCUT2D eigenvalue weighted by atomic mass is 10.1. The van der Waals surface area contributed by atoms with Gasteiger partial charge in [-0.05, 0) is 25.1 Å². The molecule has 0 bridgehead atoms. The minimum Gasteiger partial charge on any atom is -0.489 e. The van der Waals surface area contributed by atoms with Crippen molar-refractivity contribution >= 4 is 23.0 Å². The van der Waals surface area contributed by atoms with E-state index in [4.69, 9.17) is 16.3 Å². The number of hydrogen-bond acceptors (Lipinski definition) is 4. The number of nitro groups is 1. The number of rotatable bonds is 6. The molecule has 21 heavy (non-hydrogen) atoms. The summed E-state index contributed by atoms with van der Waals surface area (Å²) in [5.41, 5.74) is 1.27. The monoisotopic (exact) mass is 306 g/mol. The molecule has 0 fully saturated rings. The van der Waals surface area contributed by atoms with Gasteiger partial charge in [-0.3, -0.25) is 10.1 Å². The summed E-state index contributed by atoms with van der Waals surface area (Å²) in [5, 5.41) is 14.7. The first kappa shape index (κ1) is 15.1. The van der Waals surface area contributed by atoms with E-state index in [1.807, 2.05) is 6.92 Å². The second-order valence-corrected chi connectivity index (χ2v) is 4.78. The summed E-state index contributed by atoms with van der Waals surface area (Å²) in [6, 6.07) is 12.0. The molecule has 0 unspecified atom stereocenters. The zero-order chi connectivity index (χ0) is 15.2. The third-order valence-corrected chi connectivity index (χ3v) is 3.10. The predicted octanol–water partition coefficient (Wildman–Crippen LogP) is 4.26. The molecule has 1 N–H and O–H groups in total. The van der Waals surface area contributed by atoms with Crippen molar-refractivity contribution in [2.24, 2.45) is 0 Å². The van der Waals surface area contributed by atoms with Crippen molar-refractivity contribution in [3.63, 3.8) is 0 Å². The molecule has 2 aromatic rings. The van der Waals surface area contributed by atoms with E-state index in [9.17, 15) is 10.1 Å². The average molecular weight is 307 g/mol. The van der Waals surface area contributed by atoms with Crippen molar-refractivity contribution in [3.8, 4) is 5.75 Å². The fraction of sp³-hybridized carbons (Fsp3) is 0.200. The number of nitrogens with zero attached hydrogens (tertiary/aromatic N) is 1. The van der Waals surface area contributed by atoms with Crippen LogP contribution < -0.4 is 10.1 Å². The van der Waals surface area contributed by atoms with Crippen LogP contribution in [-0.4, -0.2) is 11.5 Å². The number of ether oxygens (including phenoxy) is 1. The van der Waals surface area contributed by atoms with E-state index in [-0.39, 0.29) is 12.3 Å². The molecule has 0 spiro atoms. The second kappa shape index (κ2) is 6.95. The van der Waals surface area contributed by atoms with Crippen LogP contribution in [0.5, 0.6) is 5.75 Å². The maximum atomic E-state index is 11.1. The number of para-hydroxylation sites is 1. The number of nitrogens with one attached hydrogen (secondary N) is 1. The van der Waals surface area contributed by atoms with Gasteiger partial charge in [-0.15, -0.1) is 0 Å². The van der Waals surface area contributed by atoms with Gasteiger partial charge in [0.2, 0.25) is 0 Å². The molecule has 110 valence electrons. The first-order chi connectivity index (χ1) is 10.1. The van der Waals surface area contributed by atoms with E-state index in [1.165, 1.54) is 6.07 Å². The summed E-state index contributed by atoms with van der Waals surface area (Å²) < 4.78 is 5.65. The highest BCUT2D eigenvalue weighted by atomic mass is 35.5. The van der Waals surface area contributed by atoms with Gasteiger partial charge in [0.1, 0.15) is 18.0 Å². The Hall–Kier alpha value is -2.27. The smallest absolute Gasteiger partial charge is 0.292 e. The van der Waals surface area contributed by atoms with Crippen LogP contribution >= 0.6 is 11.6 Å². The third-order valence-electron chi connectivity index (χ3n) is 2.87. The SMILES string of the molecule is CCNc1c(COc2cccc(Cl)c2)cccc1[N+](=O)[O-]. The lowest BCUT2D eigenvalue weighted by Gasteiger charge is -2.12. The fourth-order valence-electron chi connectivity index (χ4n) is 1.96. The Bertz CT molecular complexity index is 647. The maximum absolute atomic E-state index is 11.1. The van der Waals surface area contributed by atoms with E-state index in [0.29, 0.717) is 23.0 Å². The Morgan fingerprint density at radius 1 is 1.29 bits per heavy atom. The molecule has 0 aliphatic carbocycles. The minimum absolute atomic E-state index is 0.0454. The van der Waals surface area contributed by atoms with Gasteiger partial charge in [0.05, 0.1) is 4.92 Å². The first-order valence-corrected chi connectivity index (χ1v) is 6.88. The molecule has 0 radical (unpaired) electrons. The molecule has 0 saturated carbocycles. The van der Waals surface area contributed by atoms with Crippen LogP contribution in [0.2, 0.25) is 5.02 Å². The second-order valence-electron chi connectivity index (χ2n) is 4.34. The van der Waals surface area contributed by atoms with Crippen LogP contribution in [0.15, 0.2) is 42.5 Å². The molecular weight excluding hydrogens is 292 g/mol. The van der Waals surface area contributed by atoms with Crippen molar-refractivity contribution in [2.75, 3.05) is 11.9 Å². The lowest BCUT2D eigenvalue weighted by Crippen LogP contribution is -2.06. The molecule has 2 aromatic carbocycles. The molecular formula is C15H15ClN2O3. The molecule has 0 saturated heterocycles. The van der Waals surface area contributed by atoms with Gasteiger partial charge in [-0.1, -0.05) is 29.8 Å². The number of hydrogen-bond donors (Lipinski definition) is 1. The highest BCUT2D eigenvalue weighted by Gasteiger charge is 2.16. The van der Waals surface area contributed by atoms with E-state index >= 15 is 0 Å². The Balaban J connectivity index is 2.23. The van der Waals surface area contributed by atoms with Crippen LogP contribution in [0.3, 0.4) is 0 Å². The van der Waals surface area contributed by atoms with E-state index in [1.54, 1.807) is 36.4 Å². The molecule has 5 nitrogen and oxygen atoms in total. The van der Waals surface area contributed by atoms with Gasteiger partial charge in [0, 0.05) is 23.2 Å². The molecule has 0 heterocycles. The zero-order valence-corrected chi connectivity index (χ0v) is 12.3. The van der Waals surface area contributed by atoms with Crippen LogP contribution in [0.1, 0.15) is 12.5 Å². The Kier molecular flexibility index (Phi) is 5.00. The van der Waals surface area contributed by atoms with Crippen molar-refractivity contribution in [2.45, 2.75) is 13.5 Å². The van der Waals surface area contributed by atoms with Crippen LogP contribution in [0, 0.1) is 10.1 Å². The summed E-state index contributed by atoms with van der Waals surface area (Å²) in [4.78, 5) is 10.7. The van der Waals surface area contributed by atoms with E-state index in [0.717, 1.165) is 5.56 Å². The molecule has 0 aromatic heterocycles. The molecule has 0 amide bonds. The number of anilines is 1. The maximum Gasteiger partial charge on any atom is 0.292 e. The quantitative estimate of drug-likeness (QED) is 0.640. The molecule has 0 aliphatic heterocycles. The summed E-state index contributed by atoms with van der Waals surface area (Å²) in [6.45, 7) is 2.71. The summed E-state index contributed by atoms with van der Waals surface area (Å²) in [5.74, 6) is 0.622. The Morgan fingerprint density at radius 2 is 2.05 bits per heavy atom. The highest BCUT2D eigenvalue weighted by molar-refractivity contribution is 6.30. The molecule has 2 rings (SSSR count). The van der Waals surface area contributed by atoms with Gasteiger partial charge >= 0.3 is 0 Å². The minimum atomic E-state index is -0.402. The summed E-state index contributed by atoms with van der Waals surface area (Å²) in [6.07, 6.45) is 0. The van der Waals surface area contributed by atoms with Crippen LogP contribution in [0.25, 0.3) is 0 Å². The highest BCUT2D eigenvalue weighted by Crippen LogP contribution is 2.29. The normalized spacial score (nSPS) is 10.2. The van der Waals surface area contributed by atoms with Crippen molar-refractivity contribution < 1.29 is 9.66 Å². The van der Waals surface area contributed by atoms with Crippen LogP contribution in [0.4, 0.5) is 11.4 Å². The van der Waals surface area contributed by atoms with E-state index < -0.39 is 4.92 Å². The van der Waals surface area contributed by atoms with Crippen molar-refractivity contribution in [3.05, 3.63) is 63.2 Å². The fourth-order valence-corrected chi connectivity index (χ4v) is 2.14. The first-order valence-electron chi connectivity index (χ1n) is 6.50. The zero-order valence-electron chi connectivity index (χ0n) is 11.5. The number of benzene rings is 2. The lowest BCUT2D eigenvalue weighted by molar-refractivity contribution is -0.384. The van der Waals surface area contributed by atoms with Crippen molar-refractivity contribution in [1.29, 1.82) is 0 Å². The Morgan fingerprint density at radius 3 is 2.71 bits per heavy atom. The topological polar surface area (TPSA) is 64.4 Å². The van der Waals surface area contributed by atoms with Gasteiger partial charge in [-0.25, -0.2) is 0 Å². The van der Waals surface area contributed by atoms with Gasteiger partial charge < -0.3 is 10.1 Å². The standard InChI is InChI=1S/C15H15ClN2O3/c1-2-17-15-11(5-3-8-14(15)18(19)20)10-21-13-7-4-6-12(16)9-13/h3-9,17H,2,10H2,1H3. The largest absolute Gasteiger partial charge is 0.489 e.